The van der Waals surface area contributed by atoms with Gasteiger partial charge in [-0.25, -0.2) is 4.79 Å². The van der Waals surface area contributed by atoms with Gasteiger partial charge in [0.05, 0.1) is 6.04 Å². The van der Waals surface area contributed by atoms with Crippen molar-refractivity contribution in [3.63, 3.8) is 0 Å². The number of hydrogen-bond donors (Lipinski definition) is 2. The molecule has 5 heteroatoms. The summed E-state index contributed by atoms with van der Waals surface area (Å²) in [5, 5.41) is 5.60. The summed E-state index contributed by atoms with van der Waals surface area (Å²) in [5.74, 6) is 0.0385. The first-order valence-corrected chi connectivity index (χ1v) is 6.72. The molecular weight excluding hydrogens is 244 g/mol. The molecule has 1 rings (SSSR count). The van der Waals surface area contributed by atoms with Gasteiger partial charge in [0, 0.05) is 12.5 Å². The van der Waals surface area contributed by atoms with E-state index in [-0.39, 0.29) is 17.9 Å². The molecule has 0 aromatic rings. The van der Waals surface area contributed by atoms with Gasteiger partial charge >= 0.3 is 6.09 Å². The topological polar surface area (TPSA) is 67.4 Å². The Kier molecular flexibility index (Phi) is 5.39. The number of rotatable bonds is 4. The van der Waals surface area contributed by atoms with Gasteiger partial charge in [0.2, 0.25) is 5.91 Å². The van der Waals surface area contributed by atoms with Crippen molar-refractivity contribution in [1.82, 2.24) is 10.6 Å². The molecule has 0 spiro atoms. The van der Waals surface area contributed by atoms with Crippen molar-refractivity contribution in [2.75, 3.05) is 6.54 Å². The third-order valence-corrected chi connectivity index (χ3v) is 2.83. The fourth-order valence-electron chi connectivity index (χ4n) is 2.05. The van der Waals surface area contributed by atoms with Gasteiger partial charge in [-0.15, -0.1) is 0 Å². The maximum atomic E-state index is 11.7. The largest absolute Gasteiger partial charge is 0.444 e. The Morgan fingerprint density at radius 1 is 1.58 bits per heavy atom. The molecule has 0 aromatic carbocycles. The van der Waals surface area contributed by atoms with Crippen molar-refractivity contribution in [2.24, 2.45) is 5.92 Å². The molecule has 1 heterocycles. The van der Waals surface area contributed by atoms with Crippen LogP contribution in [0.2, 0.25) is 0 Å². The van der Waals surface area contributed by atoms with Crippen LogP contribution in [0.5, 0.6) is 0 Å². The van der Waals surface area contributed by atoms with Crippen molar-refractivity contribution in [2.45, 2.75) is 52.2 Å². The first-order chi connectivity index (χ1) is 8.81. The molecule has 0 radical (unpaired) electrons. The minimum Gasteiger partial charge on any atom is -0.444 e. The van der Waals surface area contributed by atoms with E-state index in [1.54, 1.807) is 0 Å². The van der Waals surface area contributed by atoms with Crippen molar-refractivity contribution in [3.8, 4) is 0 Å². The molecule has 2 amide bonds. The van der Waals surface area contributed by atoms with Crippen LogP contribution in [0, 0.1) is 5.92 Å². The molecule has 0 aliphatic carbocycles. The van der Waals surface area contributed by atoms with Gasteiger partial charge in [0.25, 0.3) is 0 Å². The smallest absolute Gasteiger partial charge is 0.408 e. The summed E-state index contributed by atoms with van der Waals surface area (Å²) >= 11 is 0. The number of allylic oxidation sites excluding steroid dienone is 1. The summed E-state index contributed by atoms with van der Waals surface area (Å²) in [7, 11) is 0. The van der Waals surface area contributed by atoms with Gasteiger partial charge < -0.3 is 15.4 Å². The first-order valence-electron chi connectivity index (χ1n) is 6.72. The number of carbonyl (C=O) groups excluding carboxylic acids is 2. The Bertz CT molecular complexity index is 358. The molecule has 2 atom stereocenters. The molecule has 0 saturated carbocycles. The fourth-order valence-corrected chi connectivity index (χ4v) is 2.05. The zero-order valence-electron chi connectivity index (χ0n) is 12.2. The first kappa shape index (κ1) is 15.5. The Balaban J connectivity index is 2.53. The van der Waals surface area contributed by atoms with Crippen LogP contribution < -0.4 is 10.6 Å². The van der Waals surface area contributed by atoms with E-state index < -0.39 is 11.7 Å². The van der Waals surface area contributed by atoms with E-state index in [0.29, 0.717) is 6.42 Å². The SMILES string of the molecule is C/C=C/[C@H](C[C@@H]1CCNC1=O)NC(=O)OC(C)(C)C. The lowest BCUT2D eigenvalue weighted by atomic mass is 9.98. The number of alkyl carbamates (subject to hydrolysis) is 1. The monoisotopic (exact) mass is 268 g/mol. The van der Waals surface area contributed by atoms with E-state index in [9.17, 15) is 9.59 Å². The van der Waals surface area contributed by atoms with Crippen molar-refractivity contribution in [1.29, 1.82) is 0 Å². The van der Waals surface area contributed by atoms with Crippen LogP contribution in [0.25, 0.3) is 0 Å². The summed E-state index contributed by atoms with van der Waals surface area (Å²) in [6.07, 6.45) is 4.73. The van der Waals surface area contributed by atoms with Crippen LogP contribution in [0.4, 0.5) is 4.79 Å². The Morgan fingerprint density at radius 3 is 2.74 bits per heavy atom. The molecule has 1 aliphatic heterocycles. The van der Waals surface area contributed by atoms with Gasteiger partial charge in [-0.1, -0.05) is 12.2 Å². The van der Waals surface area contributed by atoms with Gasteiger partial charge in [0.1, 0.15) is 5.60 Å². The van der Waals surface area contributed by atoms with E-state index in [1.807, 2.05) is 39.8 Å². The van der Waals surface area contributed by atoms with Crippen LogP contribution in [0.3, 0.4) is 0 Å². The Hall–Kier alpha value is -1.52. The second kappa shape index (κ2) is 6.59. The molecule has 1 saturated heterocycles. The van der Waals surface area contributed by atoms with Gasteiger partial charge in [-0.2, -0.15) is 0 Å². The lowest BCUT2D eigenvalue weighted by Gasteiger charge is -2.23. The Labute approximate surface area is 114 Å². The predicted octanol–water partition coefficient (Wildman–Crippen LogP) is 1.98. The number of nitrogens with one attached hydrogen (secondary N) is 2. The minimum absolute atomic E-state index is 0.0314. The second-order valence-corrected chi connectivity index (χ2v) is 5.79. The molecule has 1 aliphatic rings. The zero-order chi connectivity index (χ0) is 14.5. The lowest BCUT2D eigenvalue weighted by Crippen LogP contribution is -2.39. The van der Waals surface area contributed by atoms with E-state index in [1.165, 1.54) is 0 Å². The fraction of sp³-hybridized carbons (Fsp3) is 0.714. The number of amides is 2. The minimum atomic E-state index is -0.519. The second-order valence-electron chi connectivity index (χ2n) is 5.79. The van der Waals surface area contributed by atoms with Crippen molar-refractivity contribution < 1.29 is 14.3 Å². The molecule has 108 valence electrons. The maximum absolute atomic E-state index is 11.7. The highest BCUT2D eigenvalue weighted by Gasteiger charge is 2.27. The van der Waals surface area contributed by atoms with Crippen LogP contribution >= 0.6 is 0 Å². The third kappa shape index (κ3) is 5.77. The highest BCUT2D eigenvalue weighted by molar-refractivity contribution is 5.80. The van der Waals surface area contributed by atoms with E-state index in [0.717, 1.165) is 13.0 Å². The van der Waals surface area contributed by atoms with Crippen molar-refractivity contribution in [3.05, 3.63) is 12.2 Å². The summed E-state index contributed by atoms with van der Waals surface area (Å²) in [5.41, 5.74) is -0.519. The van der Waals surface area contributed by atoms with Crippen LogP contribution in [0.15, 0.2) is 12.2 Å². The average Bonchev–Trinajstić information content (AvgIpc) is 2.61. The summed E-state index contributed by atoms with van der Waals surface area (Å²) in [4.78, 5) is 23.3. The number of ether oxygens (including phenoxy) is 1. The van der Waals surface area contributed by atoms with Gasteiger partial charge in [0.15, 0.2) is 0 Å². The molecule has 1 fully saturated rings. The number of carbonyl (C=O) groups is 2. The number of hydrogen-bond acceptors (Lipinski definition) is 3. The van der Waals surface area contributed by atoms with Crippen LogP contribution in [-0.2, 0) is 9.53 Å². The molecule has 5 nitrogen and oxygen atoms in total. The highest BCUT2D eigenvalue weighted by Crippen LogP contribution is 2.17. The molecule has 0 unspecified atom stereocenters. The van der Waals surface area contributed by atoms with Crippen LogP contribution in [0.1, 0.15) is 40.5 Å². The summed E-state index contributed by atoms with van der Waals surface area (Å²) in [6, 6.07) is -0.173. The lowest BCUT2D eigenvalue weighted by molar-refractivity contribution is -0.122. The van der Waals surface area contributed by atoms with Gasteiger partial charge in [-0.3, -0.25) is 4.79 Å². The summed E-state index contributed by atoms with van der Waals surface area (Å²) in [6.45, 7) is 8.07. The highest BCUT2D eigenvalue weighted by atomic mass is 16.6. The molecule has 0 aromatic heterocycles. The van der Waals surface area contributed by atoms with Gasteiger partial charge in [-0.05, 0) is 40.5 Å². The molecule has 2 N–H and O–H groups in total. The zero-order valence-corrected chi connectivity index (χ0v) is 12.2. The van der Waals surface area contributed by atoms with Crippen molar-refractivity contribution >= 4 is 12.0 Å². The molecule has 19 heavy (non-hydrogen) atoms. The predicted molar refractivity (Wildman–Crippen MR) is 73.7 cm³/mol. The van der Waals surface area contributed by atoms with E-state index >= 15 is 0 Å². The summed E-state index contributed by atoms with van der Waals surface area (Å²) < 4.78 is 5.22. The molecular formula is C14H24N2O3. The van der Waals surface area contributed by atoms with Crippen LogP contribution in [-0.4, -0.2) is 30.2 Å². The Morgan fingerprint density at radius 2 is 2.26 bits per heavy atom. The third-order valence-electron chi connectivity index (χ3n) is 2.83. The van der Waals surface area contributed by atoms with E-state index in [4.69, 9.17) is 4.74 Å². The normalized spacial score (nSPS) is 21.3. The van der Waals surface area contributed by atoms with E-state index in [2.05, 4.69) is 10.6 Å². The quantitative estimate of drug-likeness (QED) is 0.766. The molecule has 0 bridgehead atoms. The average molecular weight is 268 g/mol. The standard InChI is InChI=1S/C14H24N2O3/c1-5-6-11(9-10-7-8-15-12(10)17)16-13(18)19-14(2,3)4/h5-6,10-11H,7-9H2,1-4H3,(H,15,17)(H,16,18)/b6-5+/t10-,11+/m0/s1. The maximum Gasteiger partial charge on any atom is 0.408 e.